The zero-order valence-corrected chi connectivity index (χ0v) is 11.1. The summed E-state index contributed by atoms with van der Waals surface area (Å²) in [7, 11) is 0. The predicted octanol–water partition coefficient (Wildman–Crippen LogP) is 3.90. The second kappa shape index (κ2) is 5.61. The van der Waals surface area contributed by atoms with E-state index in [1.807, 2.05) is 48.5 Å². The maximum atomic E-state index is 5.81. The molecule has 3 nitrogen and oxygen atoms in total. The van der Waals surface area contributed by atoms with Crippen molar-refractivity contribution in [1.82, 2.24) is 0 Å². The van der Waals surface area contributed by atoms with E-state index in [1.165, 1.54) is 0 Å². The highest BCUT2D eigenvalue weighted by atomic mass is 16.5. The van der Waals surface area contributed by atoms with Crippen LogP contribution in [0.15, 0.2) is 60.1 Å². The first-order valence-electron chi connectivity index (χ1n) is 6.53. The minimum atomic E-state index is 0.669. The molecule has 2 aromatic rings. The number of hydrogen-bond donors (Lipinski definition) is 0. The molecule has 0 amide bonds. The van der Waals surface area contributed by atoms with Crippen LogP contribution in [0.4, 0.5) is 0 Å². The molecule has 0 saturated carbocycles. The van der Waals surface area contributed by atoms with Gasteiger partial charge in [-0.15, -0.1) is 0 Å². The quantitative estimate of drug-likeness (QED) is 0.839. The van der Waals surface area contributed by atoms with Crippen molar-refractivity contribution < 1.29 is 9.47 Å². The highest BCUT2D eigenvalue weighted by Gasteiger charge is 2.09. The van der Waals surface area contributed by atoms with Gasteiger partial charge in [0.1, 0.15) is 18.1 Å². The van der Waals surface area contributed by atoms with Gasteiger partial charge in [-0.1, -0.05) is 24.8 Å². The van der Waals surface area contributed by atoms with Gasteiger partial charge in [0.05, 0.1) is 6.54 Å². The molecule has 0 bridgehead atoms. The second-order valence-corrected chi connectivity index (χ2v) is 4.44. The topological polar surface area (TPSA) is 30.8 Å². The molecule has 0 fully saturated rings. The summed E-state index contributed by atoms with van der Waals surface area (Å²) >= 11 is 0. The standard InChI is InChI=1S/C17H15NO2/c1-2-13-4-3-5-16(12-13)20-15-8-6-14(7-9-15)17-18-10-11-19-17/h2-9,12H,1,10-11H2. The summed E-state index contributed by atoms with van der Waals surface area (Å²) in [6, 6.07) is 15.5. The van der Waals surface area contributed by atoms with Gasteiger partial charge in [-0.25, -0.2) is 4.99 Å². The fourth-order valence-electron chi connectivity index (χ4n) is 2.02. The molecular formula is C17H15NO2. The average molecular weight is 265 g/mol. The summed E-state index contributed by atoms with van der Waals surface area (Å²) in [6.45, 7) is 5.16. The lowest BCUT2D eigenvalue weighted by Crippen LogP contribution is -2.00. The molecule has 0 aromatic heterocycles. The molecule has 0 saturated heterocycles. The van der Waals surface area contributed by atoms with Gasteiger partial charge in [0.25, 0.3) is 0 Å². The van der Waals surface area contributed by atoms with Gasteiger partial charge in [0.15, 0.2) is 0 Å². The molecule has 2 aromatic carbocycles. The van der Waals surface area contributed by atoms with Crippen molar-refractivity contribution in [1.29, 1.82) is 0 Å². The van der Waals surface area contributed by atoms with E-state index >= 15 is 0 Å². The number of rotatable bonds is 4. The van der Waals surface area contributed by atoms with Crippen molar-refractivity contribution in [3.05, 3.63) is 66.2 Å². The highest BCUT2D eigenvalue weighted by molar-refractivity contribution is 5.95. The molecule has 100 valence electrons. The molecule has 1 heterocycles. The van der Waals surface area contributed by atoms with Gasteiger partial charge < -0.3 is 9.47 Å². The van der Waals surface area contributed by atoms with Crippen molar-refractivity contribution in [2.24, 2.45) is 4.99 Å². The Balaban J connectivity index is 1.75. The van der Waals surface area contributed by atoms with E-state index in [0.29, 0.717) is 12.5 Å². The molecule has 0 atom stereocenters. The Morgan fingerprint density at radius 1 is 1.10 bits per heavy atom. The van der Waals surface area contributed by atoms with Crippen LogP contribution in [0.25, 0.3) is 6.08 Å². The van der Waals surface area contributed by atoms with Gasteiger partial charge in [0, 0.05) is 5.56 Å². The summed E-state index contributed by atoms with van der Waals surface area (Å²) in [6.07, 6.45) is 1.80. The Bertz CT molecular complexity index is 644. The van der Waals surface area contributed by atoms with Crippen LogP contribution in [-0.4, -0.2) is 19.0 Å². The maximum Gasteiger partial charge on any atom is 0.216 e. The van der Waals surface area contributed by atoms with E-state index in [9.17, 15) is 0 Å². The molecule has 3 rings (SSSR count). The lowest BCUT2D eigenvalue weighted by molar-refractivity contribution is 0.348. The molecule has 0 radical (unpaired) electrons. The molecule has 0 unspecified atom stereocenters. The van der Waals surface area contributed by atoms with Gasteiger partial charge in [-0.2, -0.15) is 0 Å². The average Bonchev–Trinajstić information content (AvgIpc) is 3.02. The van der Waals surface area contributed by atoms with E-state index in [1.54, 1.807) is 6.08 Å². The zero-order valence-electron chi connectivity index (χ0n) is 11.1. The van der Waals surface area contributed by atoms with Crippen LogP contribution in [0.3, 0.4) is 0 Å². The van der Waals surface area contributed by atoms with E-state index in [2.05, 4.69) is 11.6 Å². The Kier molecular flexibility index (Phi) is 3.50. The maximum absolute atomic E-state index is 5.81. The third kappa shape index (κ3) is 2.72. The van der Waals surface area contributed by atoms with Crippen LogP contribution >= 0.6 is 0 Å². The number of nitrogens with zero attached hydrogens (tertiary/aromatic N) is 1. The monoisotopic (exact) mass is 265 g/mol. The number of aliphatic imine (C=N–C) groups is 1. The lowest BCUT2D eigenvalue weighted by Gasteiger charge is -2.07. The van der Waals surface area contributed by atoms with Crippen molar-refractivity contribution >= 4 is 12.0 Å². The van der Waals surface area contributed by atoms with Crippen LogP contribution in [0.5, 0.6) is 11.5 Å². The van der Waals surface area contributed by atoms with E-state index < -0.39 is 0 Å². The lowest BCUT2D eigenvalue weighted by atomic mass is 10.2. The minimum absolute atomic E-state index is 0.669. The third-order valence-electron chi connectivity index (χ3n) is 3.02. The Morgan fingerprint density at radius 3 is 2.65 bits per heavy atom. The van der Waals surface area contributed by atoms with E-state index in [0.717, 1.165) is 29.2 Å². The van der Waals surface area contributed by atoms with Gasteiger partial charge >= 0.3 is 0 Å². The van der Waals surface area contributed by atoms with Gasteiger partial charge in [0.2, 0.25) is 5.90 Å². The first-order chi connectivity index (χ1) is 9.85. The first kappa shape index (κ1) is 12.5. The second-order valence-electron chi connectivity index (χ2n) is 4.44. The van der Waals surface area contributed by atoms with Crippen molar-refractivity contribution in [2.45, 2.75) is 0 Å². The molecule has 20 heavy (non-hydrogen) atoms. The Hall–Kier alpha value is -2.55. The van der Waals surface area contributed by atoms with Crippen LogP contribution in [0.1, 0.15) is 11.1 Å². The molecule has 3 heteroatoms. The molecular weight excluding hydrogens is 250 g/mol. The Morgan fingerprint density at radius 2 is 1.95 bits per heavy atom. The highest BCUT2D eigenvalue weighted by Crippen LogP contribution is 2.23. The first-order valence-corrected chi connectivity index (χ1v) is 6.53. The van der Waals surface area contributed by atoms with Crippen LogP contribution < -0.4 is 4.74 Å². The fraction of sp³-hybridized carbons (Fsp3) is 0.118. The summed E-state index contributed by atoms with van der Waals surface area (Å²) in [5.41, 5.74) is 2.02. The Labute approximate surface area is 118 Å². The third-order valence-corrected chi connectivity index (χ3v) is 3.02. The summed E-state index contributed by atoms with van der Waals surface area (Å²) in [5.74, 6) is 2.29. The number of ether oxygens (including phenoxy) is 2. The molecule has 0 aliphatic carbocycles. The molecule has 0 spiro atoms. The number of hydrogen-bond acceptors (Lipinski definition) is 3. The molecule has 0 N–H and O–H groups in total. The summed E-state index contributed by atoms with van der Waals surface area (Å²) in [4.78, 5) is 4.28. The number of benzene rings is 2. The van der Waals surface area contributed by atoms with E-state index in [4.69, 9.17) is 9.47 Å². The SMILES string of the molecule is C=Cc1cccc(Oc2ccc(C3=NCCO3)cc2)c1. The van der Waals surface area contributed by atoms with Gasteiger partial charge in [-0.3, -0.25) is 0 Å². The molecule has 1 aliphatic rings. The van der Waals surface area contributed by atoms with Crippen molar-refractivity contribution in [3.8, 4) is 11.5 Å². The largest absolute Gasteiger partial charge is 0.476 e. The molecule has 1 aliphatic heterocycles. The smallest absolute Gasteiger partial charge is 0.216 e. The predicted molar refractivity (Wildman–Crippen MR) is 80.4 cm³/mol. The van der Waals surface area contributed by atoms with Crippen LogP contribution in [0, 0.1) is 0 Å². The van der Waals surface area contributed by atoms with E-state index in [-0.39, 0.29) is 0 Å². The zero-order chi connectivity index (χ0) is 13.8. The minimum Gasteiger partial charge on any atom is -0.476 e. The van der Waals surface area contributed by atoms with Crippen molar-refractivity contribution in [3.63, 3.8) is 0 Å². The normalized spacial score (nSPS) is 13.5. The summed E-state index contributed by atoms with van der Waals surface area (Å²) < 4.78 is 11.2. The van der Waals surface area contributed by atoms with Crippen LogP contribution in [-0.2, 0) is 4.74 Å². The fourth-order valence-corrected chi connectivity index (χ4v) is 2.02. The van der Waals surface area contributed by atoms with Crippen molar-refractivity contribution in [2.75, 3.05) is 13.2 Å². The van der Waals surface area contributed by atoms with Crippen LogP contribution in [0.2, 0.25) is 0 Å². The summed E-state index contributed by atoms with van der Waals surface area (Å²) in [5, 5.41) is 0. The van der Waals surface area contributed by atoms with Gasteiger partial charge in [-0.05, 0) is 42.0 Å².